The molecule has 3 rings (SSSR count). The maximum Gasteiger partial charge on any atom is 0.289 e. The molecule has 0 bridgehead atoms. The number of benzene rings is 2. The summed E-state index contributed by atoms with van der Waals surface area (Å²) in [4.78, 5) is 12.2. The van der Waals surface area contributed by atoms with Crippen LogP contribution in [0.1, 0.15) is 35.5 Å². The molecule has 0 spiro atoms. The van der Waals surface area contributed by atoms with Crippen LogP contribution in [0.3, 0.4) is 0 Å². The Morgan fingerprint density at radius 3 is 2.70 bits per heavy atom. The van der Waals surface area contributed by atoms with Gasteiger partial charge in [-0.3, -0.25) is 9.89 Å². The topological polar surface area (TPSA) is 70.1 Å². The van der Waals surface area contributed by atoms with Crippen LogP contribution < -0.4 is 5.43 Å². The van der Waals surface area contributed by atoms with Gasteiger partial charge in [0, 0.05) is 10.0 Å². The van der Waals surface area contributed by atoms with Crippen molar-refractivity contribution >= 4 is 28.1 Å². The third-order valence-corrected chi connectivity index (χ3v) is 4.44. The number of nitrogens with one attached hydrogen (secondary N) is 2. The fraction of sp³-hybridized carbons (Fsp3) is 0.190. The Morgan fingerprint density at radius 1 is 1.22 bits per heavy atom. The monoisotopic (exact) mass is 424 g/mol. The number of hydrazone groups is 1. The van der Waals surface area contributed by atoms with Gasteiger partial charge < -0.3 is 0 Å². The first-order chi connectivity index (χ1) is 13.0. The molecule has 0 saturated carbocycles. The van der Waals surface area contributed by atoms with Crippen LogP contribution in [0.25, 0.3) is 11.3 Å². The van der Waals surface area contributed by atoms with Gasteiger partial charge in [-0.1, -0.05) is 66.2 Å². The number of rotatable bonds is 6. The number of carbonyl (C=O) groups is 1. The first-order valence-corrected chi connectivity index (χ1v) is 9.54. The predicted molar refractivity (Wildman–Crippen MR) is 112 cm³/mol. The predicted octanol–water partition coefficient (Wildman–Crippen LogP) is 4.80. The molecular weight excluding hydrogens is 404 g/mol. The molecule has 0 atom stereocenters. The minimum atomic E-state index is -0.337. The zero-order chi connectivity index (χ0) is 19.2. The summed E-state index contributed by atoms with van der Waals surface area (Å²) in [5.74, 6) is 0.283. The first-order valence-electron chi connectivity index (χ1n) is 8.75. The molecule has 1 heterocycles. The van der Waals surface area contributed by atoms with Crippen molar-refractivity contribution in [3.8, 4) is 11.3 Å². The lowest BCUT2D eigenvalue weighted by Gasteiger charge is -2.05. The SMILES string of the molecule is CC(C)Cc1ccc(-c2cc(C(=O)NN=Cc3cccc(Br)c3)[nH]n2)cc1. The zero-order valence-electron chi connectivity index (χ0n) is 15.2. The molecule has 3 aromatic rings. The normalized spacial score (nSPS) is 11.3. The van der Waals surface area contributed by atoms with Crippen molar-refractivity contribution in [1.82, 2.24) is 15.6 Å². The van der Waals surface area contributed by atoms with Gasteiger partial charge in [-0.15, -0.1) is 0 Å². The average molecular weight is 425 g/mol. The van der Waals surface area contributed by atoms with Crippen molar-refractivity contribution in [3.63, 3.8) is 0 Å². The number of aromatic amines is 1. The standard InChI is InChI=1S/C21H21BrN4O/c1-14(2)10-15-6-8-17(9-7-15)19-12-20(25-24-19)21(27)26-23-13-16-4-3-5-18(22)11-16/h3-9,11-14H,10H2,1-2H3,(H,24,25)(H,26,27). The molecule has 27 heavy (non-hydrogen) atoms. The molecule has 1 aromatic heterocycles. The van der Waals surface area contributed by atoms with Crippen LogP contribution >= 0.6 is 15.9 Å². The molecule has 0 radical (unpaired) electrons. The van der Waals surface area contributed by atoms with Gasteiger partial charge >= 0.3 is 0 Å². The van der Waals surface area contributed by atoms with Crippen molar-refractivity contribution < 1.29 is 4.79 Å². The minimum Gasteiger partial charge on any atom is -0.272 e. The number of hydrogen-bond acceptors (Lipinski definition) is 3. The van der Waals surface area contributed by atoms with Gasteiger partial charge in [-0.25, -0.2) is 5.43 Å². The van der Waals surface area contributed by atoms with E-state index in [-0.39, 0.29) is 5.91 Å². The summed E-state index contributed by atoms with van der Waals surface area (Å²) < 4.78 is 0.954. The van der Waals surface area contributed by atoms with E-state index in [0.29, 0.717) is 11.6 Å². The highest BCUT2D eigenvalue weighted by atomic mass is 79.9. The second kappa shape index (κ2) is 8.77. The number of nitrogens with zero attached hydrogens (tertiary/aromatic N) is 2. The molecule has 138 valence electrons. The van der Waals surface area contributed by atoms with E-state index in [2.05, 4.69) is 62.6 Å². The Kier molecular flexibility index (Phi) is 6.19. The summed E-state index contributed by atoms with van der Waals surface area (Å²) in [6.45, 7) is 4.40. The number of halogens is 1. The molecule has 5 nitrogen and oxygen atoms in total. The molecule has 6 heteroatoms. The van der Waals surface area contributed by atoms with Crippen LogP contribution in [0.2, 0.25) is 0 Å². The number of hydrogen-bond donors (Lipinski definition) is 2. The Bertz CT molecular complexity index is 945. The van der Waals surface area contributed by atoms with Crippen molar-refractivity contribution in [2.24, 2.45) is 11.0 Å². The van der Waals surface area contributed by atoms with E-state index >= 15 is 0 Å². The van der Waals surface area contributed by atoms with Crippen LogP contribution in [-0.2, 0) is 6.42 Å². The van der Waals surface area contributed by atoms with E-state index in [1.54, 1.807) is 12.3 Å². The molecule has 0 aliphatic carbocycles. The summed E-state index contributed by atoms with van der Waals surface area (Å²) in [7, 11) is 0. The fourth-order valence-corrected chi connectivity index (χ4v) is 3.10. The van der Waals surface area contributed by atoms with E-state index in [0.717, 1.165) is 27.7 Å². The van der Waals surface area contributed by atoms with Crippen LogP contribution in [0, 0.1) is 5.92 Å². The minimum absolute atomic E-state index is 0.337. The number of H-pyrrole nitrogens is 1. The van der Waals surface area contributed by atoms with Gasteiger partial charge in [0.15, 0.2) is 0 Å². The van der Waals surface area contributed by atoms with Crippen LogP contribution in [0.4, 0.5) is 0 Å². The Morgan fingerprint density at radius 2 is 2.00 bits per heavy atom. The lowest BCUT2D eigenvalue weighted by molar-refractivity contribution is 0.0950. The Balaban J connectivity index is 1.63. The van der Waals surface area contributed by atoms with Gasteiger partial charge in [0.05, 0.1) is 11.9 Å². The summed E-state index contributed by atoms with van der Waals surface area (Å²) in [6, 6.07) is 17.6. The van der Waals surface area contributed by atoms with Crippen LogP contribution in [0.5, 0.6) is 0 Å². The molecule has 0 aliphatic rings. The van der Waals surface area contributed by atoms with Gasteiger partial charge in [0.1, 0.15) is 5.69 Å². The van der Waals surface area contributed by atoms with E-state index in [9.17, 15) is 4.79 Å². The van der Waals surface area contributed by atoms with Gasteiger partial charge in [-0.2, -0.15) is 10.2 Å². The molecule has 2 N–H and O–H groups in total. The van der Waals surface area contributed by atoms with Crippen LogP contribution in [-0.4, -0.2) is 22.3 Å². The maximum absolute atomic E-state index is 12.2. The van der Waals surface area contributed by atoms with E-state index < -0.39 is 0 Å². The highest BCUT2D eigenvalue weighted by Crippen LogP contribution is 2.19. The number of carbonyl (C=O) groups excluding carboxylic acids is 1. The zero-order valence-corrected chi connectivity index (χ0v) is 16.8. The summed E-state index contributed by atoms with van der Waals surface area (Å²) in [5, 5.41) is 11.0. The van der Waals surface area contributed by atoms with Crippen LogP contribution in [0.15, 0.2) is 64.2 Å². The second-order valence-electron chi connectivity index (χ2n) is 6.72. The highest BCUT2D eigenvalue weighted by molar-refractivity contribution is 9.10. The fourth-order valence-electron chi connectivity index (χ4n) is 2.68. The third kappa shape index (κ3) is 5.37. The quantitative estimate of drug-likeness (QED) is 0.440. The average Bonchev–Trinajstić information content (AvgIpc) is 3.12. The van der Waals surface area contributed by atoms with E-state index in [4.69, 9.17) is 0 Å². The maximum atomic E-state index is 12.2. The van der Waals surface area contributed by atoms with Gasteiger partial charge in [0.25, 0.3) is 5.91 Å². The number of aromatic nitrogens is 2. The largest absolute Gasteiger partial charge is 0.289 e. The van der Waals surface area contributed by atoms with Crippen molar-refractivity contribution in [2.75, 3.05) is 0 Å². The van der Waals surface area contributed by atoms with Crippen molar-refractivity contribution in [3.05, 3.63) is 75.9 Å². The first kappa shape index (κ1) is 19.0. The highest BCUT2D eigenvalue weighted by Gasteiger charge is 2.10. The van der Waals surface area contributed by atoms with Crippen molar-refractivity contribution in [2.45, 2.75) is 20.3 Å². The summed E-state index contributed by atoms with van der Waals surface area (Å²) in [6.07, 6.45) is 2.64. The summed E-state index contributed by atoms with van der Waals surface area (Å²) in [5.41, 5.74) is 6.75. The summed E-state index contributed by atoms with van der Waals surface area (Å²) >= 11 is 3.40. The van der Waals surface area contributed by atoms with Gasteiger partial charge in [-0.05, 0) is 41.7 Å². The lowest BCUT2D eigenvalue weighted by atomic mass is 10.0. The molecule has 0 fully saturated rings. The Labute approximate surface area is 167 Å². The Hall–Kier alpha value is -2.73. The smallest absolute Gasteiger partial charge is 0.272 e. The second-order valence-corrected chi connectivity index (χ2v) is 7.63. The van der Waals surface area contributed by atoms with Gasteiger partial charge in [0.2, 0.25) is 0 Å². The molecular formula is C21H21BrN4O. The molecule has 0 saturated heterocycles. The van der Waals surface area contributed by atoms with E-state index in [1.165, 1.54) is 5.56 Å². The third-order valence-electron chi connectivity index (χ3n) is 3.94. The lowest BCUT2D eigenvalue weighted by Crippen LogP contribution is -2.17. The molecule has 0 unspecified atom stereocenters. The molecule has 1 amide bonds. The molecule has 2 aromatic carbocycles. The van der Waals surface area contributed by atoms with E-state index in [1.807, 2.05) is 36.4 Å². The number of amides is 1. The van der Waals surface area contributed by atoms with Crippen molar-refractivity contribution in [1.29, 1.82) is 0 Å². The molecule has 0 aliphatic heterocycles.